The number of aryl methyl sites for hydroxylation is 2. The summed E-state index contributed by atoms with van der Waals surface area (Å²) in [5, 5.41) is 11.7. The molecule has 0 aliphatic heterocycles. The number of fused-ring (bicyclic) bond motifs is 5. The molecular weight excluding hydrogens is 524 g/mol. The van der Waals surface area contributed by atoms with E-state index >= 15 is 0 Å². The lowest BCUT2D eigenvalue weighted by Crippen LogP contribution is -2.14. The average molecular weight is 555 g/mol. The van der Waals surface area contributed by atoms with Crippen molar-refractivity contribution >= 4 is 55.9 Å². The van der Waals surface area contributed by atoms with Gasteiger partial charge in [-0.1, -0.05) is 97.1 Å². The number of hydrogen-bond donors (Lipinski definition) is 2. The Morgan fingerprint density at radius 1 is 0.548 bits per heavy atom. The first-order valence-corrected chi connectivity index (χ1v) is 13.8. The second-order valence-corrected chi connectivity index (χ2v) is 10.3. The lowest BCUT2D eigenvalue weighted by molar-refractivity contribution is 0.154. The van der Waals surface area contributed by atoms with Crippen LogP contribution in [-0.4, -0.2) is 12.2 Å². The smallest absolute Gasteiger partial charge is 0.411 e. The van der Waals surface area contributed by atoms with Crippen LogP contribution in [0.25, 0.3) is 32.3 Å². The Bertz CT molecular complexity index is 1800. The maximum absolute atomic E-state index is 12.9. The number of benzene rings is 6. The highest BCUT2D eigenvalue weighted by atomic mass is 16.6. The quantitative estimate of drug-likeness (QED) is 0.201. The minimum absolute atomic E-state index is 0.167. The van der Waals surface area contributed by atoms with Crippen LogP contribution >= 0.6 is 0 Å². The van der Waals surface area contributed by atoms with E-state index in [0.717, 1.165) is 54.6 Å². The molecule has 6 nitrogen and oxygen atoms in total. The van der Waals surface area contributed by atoms with Crippen molar-refractivity contribution in [3.8, 4) is 0 Å². The number of carbonyl (C=O) groups excluding carboxylic acids is 2. The van der Waals surface area contributed by atoms with E-state index in [1.54, 1.807) is 0 Å². The Morgan fingerprint density at radius 2 is 0.976 bits per heavy atom. The van der Waals surface area contributed by atoms with Crippen LogP contribution in [0.15, 0.2) is 109 Å². The number of nitrogens with one attached hydrogen (secondary N) is 2. The van der Waals surface area contributed by atoms with Gasteiger partial charge < -0.3 is 9.47 Å². The number of amides is 2. The van der Waals surface area contributed by atoms with E-state index in [1.165, 1.54) is 0 Å². The molecule has 208 valence electrons. The largest absolute Gasteiger partial charge is 0.444 e. The van der Waals surface area contributed by atoms with Gasteiger partial charge in [-0.25, -0.2) is 9.59 Å². The van der Waals surface area contributed by atoms with E-state index in [9.17, 15) is 9.59 Å². The minimum Gasteiger partial charge on any atom is -0.444 e. The fraction of sp³-hybridized carbons (Fsp3) is 0.111. The van der Waals surface area contributed by atoms with Crippen molar-refractivity contribution < 1.29 is 19.1 Å². The molecule has 6 aromatic carbocycles. The third-order valence-corrected chi connectivity index (χ3v) is 7.41. The zero-order valence-electron chi connectivity index (χ0n) is 23.4. The average Bonchev–Trinajstić information content (AvgIpc) is 3.00. The summed E-state index contributed by atoms with van der Waals surface area (Å²) in [4.78, 5) is 25.8. The molecule has 0 heterocycles. The standard InChI is InChI=1S/C36H30N2O4/c1-23-11-9-17-28-30(37-35(39)41-21-25-13-5-3-6-14-25)19-27-20-31(38-36(40)42-22-26-15-7-4-8-16-26)29-18-10-12-24(2)33(29)34(27)32(23)28/h3-20H,21-22H2,1-2H3,(H,37,39)(H,38,40). The molecule has 42 heavy (non-hydrogen) atoms. The van der Waals surface area contributed by atoms with Crippen LogP contribution in [0.4, 0.5) is 21.0 Å². The summed E-state index contributed by atoms with van der Waals surface area (Å²) < 4.78 is 11.1. The monoisotopic (exact) mass is 554 g/mol. The third-order valence-electron chi connectivity index (χ3n) is 7.41. The molecule has 0 saturated carbocycles. The van der Waals surface area contributed by atoms with Gasteiger partial charge in [0.2, 0.25) is 0 Å². The van der Waals surface area contributed by atoms with E-state index in [0.29, 0.717) is 11.4 Å². The van der Waals surface area contributed by atoms with Crippen molar-refractivity contribution in [3.05, 3.63) is 131 Å². The van der Waals surface area contributed by atoms with E-state index in [2.05, 4.69) is 36.6 Å². The zero-order valence-corrected chi connectivity index (χ0v) is 23.4. The highest BCUT2D eigenvalue weighted by molar-refractivity contribution is 6.27. The van der Waals surface area contributed by atoms with Crippen LogP contribution in [-0.2, 0) is 22.7 Å². The lowest BCUT2D eigenvalue weighted by atomic mass is 9.90. The van der Waals surface area contributed by atoms with Gasteiger partial charge in [0.15, 0.2) is 0 Å². The van der Waals surface area contributed by atoms with Gasteiger partial charge in [-0.05, 0) is 69.8 Å². The topological polar surface area (TPSA) is 76.7 Å². The van der Waals surface area contributed by atoms with Crippen LogP contribution < -0.4 is 10.6 Å². The van der Waals surface area contributed by atoms with Crippen LogP contribution in [0, 0.1) is 13.8 Å². The predicted octanol–water partition coefficient (Wildman–Crippen LogP) is 9.26. The first-order chi connectivity index (χ1) is 20.5. The molecule has 0 unspecified atom stereocenters. The summed E-state index contributed by atoms with van der Waals surface area (Å²) in [5.41, 5.74) is 5.22. The molecule has 6 rings (SSSR count). The molecular formula is C36H30N2O4. The van der Waals surface area contributed by atoms with Gasteiger partial charge in [-0.3, -0.25) is 10.6 Å². The maximum Gasteiger partial charge on any atom is 0.411 e. The number of ether oxygens (including phenoxy) is 2. The Kier molecular flexibility index (Phi) is 7.43. The van der Waals surface area contributed by atoms with Crippen LogP contribution in [0.3, 0.4) is 0 Å². The minimum atomic E-state index is -0.541. The van der Waals surface area contributed by atoms with Crippen LogP contribution in [0.1, 0.15) is 22.3 Å². The molecule has 0 aliphatic rings. The van der Waals surface area contributed by atoms with Gasteiger partial charge in [-0.2, -0.15) is 0 Å². The Balaban J connectivity index is 1.41. The molecule has 0 saturated heterocycles. The number of rotatable bonds is 6. The Hall–Kier alpha value is -5.36. The van der Waals surface area contributed by atoms with Gasteiger partial charge >= 0.3 is 12.2 Å². The molecule has 0 atom stereocenters. The van der Waals surface area contributed by atoms with E-state index < -0.39 is 12.2 Å². The molecule has 0 radical (unpaired) electrons. The molecule has 6 aromatic rings. The summed E-state index contributed by atoms with van der Waals surface area (Å²) in [6, 6.07) is 35.1. The van der Waals surface area contributed by atoms with Crippen molar-refractivity contribution in [1.29, 1.82) is 0 Å². The SMILES string of the molecule is Cc1cccc2c(NC(=O)OCc3ccccc3)cc3cc(NC(=O)OCc4ccccc4)c4cccc(C)c4c3c12. The number of anilines is 2. The highest BCUT2D eigenvalue weighted by Gasteiger charge is 2.18. The highest BCUT2D eigenvalue weighted by Crippen LogP contribution is 2.42. The molecule has 0 fully saturated rings. The van der Waals surface area contributed by atoms with Crippen molar-refractivity contribution in [3.63, 3.8) is 0 Å². The molecule has 2 N–H and O–H groups in total. The van der Waals surface area contributed by atoms with Crippen molar-refractivity contribution in [1.82, 2.24) is 0 Å². The summed E-state index contributed by atoms with van der Waals surface area (Å²) >= 11 is 0. The van der Waals surface area contributed by atoms with E-state index in [-0.39, 0.29) is 13.2 Å². The zero-order chi connectivity index (χ0) is 29.1. The van der Waals surface area contributed by atoms with Crippen LogP contribution in [0.5, 0.6) is 0 Å². The molecule has 0 aliphatic carbocycles. The Morgan fingerprint density at radius 3 is 1.40 bits per heavy atom. The Labute approximate surface area is 243 Å². The second-order valence-electron chi connectivity index (χ2n) is 10.3. The van der Waals surface area contributed by atoms with Crippen molar-refractivity contribution in [2.24, 2.45) is 0 Å². The van der Waals surface area contributed by atoms with Gasteiger partial charge in [0, 0.05) is 10.8 Å². The fourth-order valence-electron chi connectivity index (χ4n) is 5.46. The van der Waals surface area contributed by atoms with Gasteiger partial charge in [-0.15, -0.1) is 0 Å². The van der Waals surface area contributed by atoms with Gasteiger partial charge in [0.05, 0.1) is 11.4 Å². The molecule has 0 bridgehead atoms. The summed E-state index contributed by atoms with van der Waals surface area (Å²) in [7, 11) is 0. The van der Waals surface area contributed by atoms with Crippen molar-refractivity contribution in [2.75, 3.05) is 10.6 Å². The fourth-order valence-corrected chi connectivity index (χ4v) is 5.46. The molecule has 6 heteroatoms. The van der Waals surface area contributed by atoms with Gasteiger partial charge in [0.1, 0.15) is 13.2 Å². The maximum atomic E-state index is 12.9. The summed E-state index contributed by atoms with van der Waals surface area (Å²) in [6.07, 6.45) is -1.08. The summed E-state index contributed by atoms with van der Waals surface area (Å²) in [5.74, 6) is 0. The summed E-state index contributed by atoms with van der Waals surface area (Å²) in [6.45, 7) is 4.47. The van der Waals surface area contributed by atoms with Crippen LogP contribution in [0.2, 0.25) is 0 Å². The third kappa shape index (κ3) is 5.47. The van der Waals surface area contributed by atoms with Gasteiger partial charge in [0.25, 0.3) is 0 Å². The molecule has 2 amide bonds. The first-order valence-electron chi connectivity index (χ1n) is 13.8. The molecule has 0 spiro atoms. The first kappa shape index (κ1) is 26.8. The normalized spacial score (nSPS) is 11.0. The van der Waals surface area contributed by atoms with E-state index in [1.807, 2.05) is 97.1 Å². The lowest BCUT2D eigenvalue weighted by Gasteiger charge is -2.18. The van der Waals surface area contributed by atoms with E-state index in [4.69, 9.17) is 9.47 Å². The second kappa shape index (κ2) is 11.6. The predicted molar refractivity (Wildman–Crippen MR) is 169 cm³/mol. The number of carbonyl (C=O) groups is 2. The number of hydrogen-bond acceptors (Lipinski definition) is 4. The van der Waals surface area contributed by atoms with Crippen molar-refractivity contribution in [2.45, 2.75) is 27.1 Å². The molecule has 0 aromatic heterocycles.